The van der Waals surface area contributed by atoms with Gasteiger partial charge in [-0.3, -0.25) is 0 Å². The van der Waals surface area contributed by atoms with E-state index in [1.54, 1.807) is 14.2 Å². The van der Waals surface area contributed by atoms with Crippen molar-refractivity contribution in [2.24, 2.45) is 10.7 Å². The number of aliphatic imine (C=N–C) groups is 1. The van der Waals surface area contributed by atoms with E-state index in [9.17, 15) is 0 Å². The molecule has 0 spiro atoms. The van der Waals surface area contributed by atoms with Crippen LogP contribution in [-0.2, 0) is 6.54 Å². The van der Waals surface area contributed by atoms with Crippen molar-refractivity contribution in [3.05, 3.63) is 23.8 Å². The topological polar surface area (TPSA) is 72.1 Å². The first-order chi connectivity index (χ1) is 12.1. The monoisotopic (exact) mass is 350 g/mol. The van der Waals surface area contributed by atoms with Crippen LogP contribution in [0.4, 0.5) is 0 Å². The molecule has 0 aliphatic rings. The number of methoxy groups -OCH3 is 2. The molecule has 25 heavy (non-hydrogen) atoms. The van der Waals surface area contributed by atoms with Crippen molar-refractivity contribution in [2.45, 2.75) is 39.7 Å². The van der Waals surface area contributed by atoms with Gasteiger partial charge in [0.1, 0.15) is 0 Å². The molecule has 0 atom stereocenters. The quantitative estimate of drug-likeness (QED) is 0.344. The minimum atomic E-state index is 0.479. The molecule has 0 heterocycles. The molecular formula is C19H34N4O2. The van der Waals surface area contributed by atoms with Crippen LogP contribution in [-0.4, -0.2) is 51.3 Å². The van der Waals surface area contributed by atoms with Gasteiger partial charge in [-0.15, -0.1) is 0 Å². The van der Waals surface area contributed by atoms with Gasteiger partial charge in [-0.05, 0) is 56.6 Å². The van der Waals surface area contributed by atoms with Crippen LogP contribution in [0.25, 0.3) is 0 Å². The van der Waals surface area contributed by atoms with Crippen molar-refractivity contribution >= 4 is 5.96 Å². The fraction of sp³-hybridized carbons (Fsp3) is 0.632. The molecule has 0 saturated heterocycles. The first-order valence-corrected chi connectivity index (χ1v) is 9.11. The Morgan fingerprint density at radius 1 is 1.08 bits per heavy atom. The van der Waals surface area contributed by atoms with Gasteiger partial charge in [-0.25, -0.2) is 4.99 Å². The Labute approximate surface area is 152 Å². The number of rotatable bonds is 12. The van der Waals surface area contributed by atoms with Gasteiger partial charge in [-0.2, -0.15) is 0 Å². The summed E-state index contributed by atoms with van der Waals surface area (Å²) in [5.41, 5.74) is 6.98. The number of ether oxygens (including phenoxy) is 2. The summed E-state index contributed by atoms with van der Waals surface area (Å²) in [7, 11) is 3.25. The molecule has 1 rings (SSSR count). The number of hydrogen-bond donors (Lipinski definition) is 2. The Bertz CT molecular complexity index is 514. The van der Waals surface area contributed by atoms with E-state index in [1.165, 1.54) is 12.8 Å². The fourth-order valence-electron chi connectivity index (χ4n) is 2.70. The average molecular weight is 351 g/mol. The first-order valence-electron chi connectivity index (χ1n) is 9.11. The lowest BCUT2D eigenvalue weighted by atomic mass is 10.2. The lowest BCUT2D eigenvalue weighted by molar-refractivity contribution is 0.272. The highest BCUT2D eigenvalue weighted by atomic mass is 16.5. The molecule has 0 aliphatic carbocycles. The average Bonchev–Trinajstić information content (AvgIpc) is 2.63. The number of nitrogens with one attached hydrogen (secondary N) is 1. The largest absolute Gasteiger partial charge is 0.493 e. The molecule has 142 valence electrons. The zero-order chi connectivity index (χ0) is 18.5. The number of hydrogen-bond acceptors (Lipinski definition) is 4. The van der Waals surface area contributed by atoms with Crippen molar-refractivity contribution in [1.82, 2.24) is 10.2 Å². The maximum Gasteiger partial charge on any atom is 0.188 e. The van der Waals surface area contributed by atoms with Gasteiger partial charge in [0.15, 0.2) is 17.5 Å². The molecule has 6 heteroatoms. The SMILES string of the molecule is CCCN(CCC)CCCNC(N)=NCc1ccc(OC)c(OC)c1. The Morgan fingerprint density at radius 3 is 2.36 bits per heavy atom. The molecule has 0 fully saturated rings. The van der Waals surface area contributed by atoms with E-state index < -0.39 is 0 Å². The van der Waals surface area contributed by atoms with Crippen LogP contribution in [0, 0.1) is 0 Å². The smallest absolute Gasteiger partial charge is 0.188 e. The third kappa shape index (κ3) is 8.12. The maximum atomic E-state index is 5.95. The second kappa shape index (κ2) is 12.4. The molecule has 0 unspecified atom stereocenters. The molecule has 0 aromatic heterocycles. The Hall–Kier alpha value is -1.95. The molecule has 0 amide bonds. The molecular weight excluding hydrogens is 316 g/mol. The number of nitrogens with two attached hydrogens (primary N) is 1. The van der Waals surface area contributed by atoms with Gasteiger partial charge in [0.2, 0.25) is 0 Å². The van der Waals surface area contributed by atoms with Gasteiger partial charge in [-0.1, -0.05) is 19.9 Å². The predicted molar refractivity (Wildman–Crippen MR) is 105 cm³/mol. The van der Waals surface area contributed by atoms with Crippen LogP contribution in [0.3, 0.4) is 0 Å². The highest BCUT2D eigenvalue weighted by Crippen LogP contribution is 2.27. The number of nitrogens with zero attached hydrogens (tertiary/aromatic N) is 2. The van der Waals surface area contributed by atoms with Gasteiger partial charge >= 0.3 is 0 Å². The highest BCUT2D eigenvalue weighted by Gasteiger charge is 2.04. The molecule has 1 aromatic rings. The van der Waals surface area contributed by atoms with Gasteiger partial charge in [0.05, 0.1) is 20.8 Å². The standard InChI is InChI=1S/C19H34N4O2/c1-5-11-23(12-6-2)13-7-10-21-19(20)22-15-16-8-9-17(24-3)18(14-16)25-4/h8-9,14H,5-7,10-13,15H2,1-4H3,(H3,20,21,22). The van der Waals surface area contributed by atoms with E-state index in [2.05, 4.69) is 29.1 Å². The highest BCUT2D eigenvalue weighted by molar-refractivity contribution is 5.77. The minimum absolute atomic E-state index is 0.479. The number of guanidine groups is 1. The first kappa shape index (κ1) is 21.1. The second-order valence-electron chi connectivity index (χ2n) is 6.01. The van der Waals surface area contributed by atoms with Crippen LogP contribution < -0.4 is 20.5 Å². The van der Waals surface area contributed by atoms with Crippen molar-refractivity contribution in [1.29, 1.82) is 0 Å². The lowest BCUT2D eigenvalue weighted by Crippen LogP contribution is -2.35. The van der Waals surface area contributed by atoms with E-state index in [-0.39, 0.29) is 0 Å². The van der Waals surface area contributed by atoms with Crippen LogP contribution in [0.2, 0.25) is 0 Å². The summed E-state index contributed by atoms with van der Waals surface area (Å²) in [4.78, 5) is 6.89. The maximum absolute atomic E-state index is 5.95. The van der Waals surface area contributed by atoms with Crippen molar-refractivity contribution in [2.75, 3.05) is 40.4 Å². The summed E-state index contributed by atoms with van der Waals surface area (Å²) in [6, 6.07) is 5.76. The third-order valence-electron chi connectivity index (χ3n) is 3.92. The molecule has 0 saturated carbocycles. The van der Waals surface area contributed by atoms with Crippen LogP contribution in [0.15, 0.2) is 23.2 Å². The third-order valence-corrected chi connectivity index (χ3v) is 3.92. The van der Waals surface area contributed by atoms with Gasteiger partial charge < -0.3 is 25.4 Å². The summed E-state index contributed by atoms with van der Waals surface area (Å²) >= 11 is 0. The van der Waals surface area contributed by atoms with E-state index in [0.717, 1.165) is 38.2 Å². The molecule has 0 radical (unpaired) electrons. The fourth-order valence-corrected chi connectivity index (χ4v) is 2.70. The Kier molecular flexibility index (Phi) is 10.5. The minimum Gasteiger partial charge on any atom is -0.493 e. The summed E-state index contributed by atoms with van der Waals surface area (Å²) in [6.07, 6.45) is 3.46. The molecule has 3 N–H and O–H groups in total. The lowest BCUT2D eigenvalue weighted by Gasteiger charge is -2.20. The van der Waals surface area contributed by atoms with Crippen LogP contribution >= 0.6 is 0 Å². The summed E-state index contributed by atoms with van der Waals surface area (Å²) in [6.45, 7) is 9.21. The zero-order valence-electron chi connectivity index (χ0n) is 16.2. The van der Waals surface area contributed by atoms with Crippen LogP contribution in [0.5, 0.6) is 11.5 Å². The van der Waals surface area contributed by atoms with Crippen molar-refractivity contribution in [3.63, 3.8) is 0 Å². The summed E-state index contributed by atoms with van der Waals surface area (Å²) in [5, 5.41) is 3.19. The summed E-state index contributed by atoms with van der Waals surface area (Å²) in [5.74, 6) is 1.89. The van der Waals surface area contributed by atoms with E-state index in [0.29, 0.717) is 24.0 Å². The Morgan fingerprint density at radius 2 is 1.76 bits per heavy atom. The molecule has 1 aromatic carbocycles. The number of benzene rings is 1. The zero-order valence-corrected chi connectivity index (χ0v) is 16.2. The normalized spacial score (nSPS) is 11.6. The molecule has 0 aliphatic heterocycles. The molecule has 6 nitrogen and oxygen atoms in total. The Balaban J connectivity index is 2.38. The van der Waals surface area contributed by atoms with E-state index in [4.69, 9.17) is 15.2 Å². The van der Waals surface area contributed by atoms with Crippen molar-refractivity contribution < 1.29 is 9.47 Å². The van der Waals surface area contributed by atoms with Gasteiger partial charge in [0, 0.05) is 6.54 Å². The van der Waals surface area contributed by atoms with Gasteiger partial charge in [0.25, 0.3) is 0 Å². The van der Waals surface area contributed by atoms with Crippen LogP contribution in [0.1, 0.15) is 38.7 Å². The van der Waals surface area contributed by atoms with E-state index in [1.807, 2.05) is 18.2 Å². The molecule has 0 bridgehead atoms. The predicted octanol–water partition coefficient (Wildman–Crippen LogP) is 2.62. The van der Waals surface area contributed by atoms with E-state index >= 15 is 0 Å². The second-order valence-corrected chi connectivity index (χ2v) is 6.01. The summed E-state index contributed by atoms with van der Waals surface area (Å²) < 4.78 is 10.5. The van der Waals surface area contributed by atoms with Crippen molar-refractivity contribution in [3.8, 4) is 11.5 Å².